The van der Waals surface area contributed by atoms with Gasteiger partial charge in [-0.3, -0.25) is 0 Å². The molecule has 1 aromatic carbocycles. The molecule has 1 saturated carbocycles. The molecule has 3 nitrogen and oxygen atoms in total. The summed E-state index contributed by atoms with van der Waals surface area (Å²) >= 11 is 6.23. The Morgan fingerprint density at radius 3 is 2.81 bits per heavy atom. The summed E-state index contributed by atoms with van der Waals surface area (Å²) in [6.07, 6.45) is 5.76. The molecule has 1 fully saturated rings. The van der Waals surface area contributed by atoms with Crippen LogP contribution in [0.15, 0.2) is 18.2 Å². The highest BCUT2D eigenvalue weighted by Gasteiger charge is 2.26. The molecule has 0 amide bonds. The van der Waals surface area contributed by atoms with Gasteiger partial charge in [0.1, 0.15) is 0 Å². The van der Waals surface area contributed by atoms with Gasteiger partial charge in [0, 0.05) is 36.4 Å². The summed E-state index contributed by atoms with van der Waals surface area (Å²) in [5.41, 5.74) is 2.54. The smallest absolute Gasteiger partial charge is 0.0447 e. The van der Waals surface area contributed by atoms with Crippen LogP contribution in [0.25, 0.3) is 0 Å². The van der Waals surface area contributed by atoms with Gasteiger partial charge in [-0.2, -0.15) is 0 Å². The Hall–Kier alpha value is -0.770. The van der Waals surface area contributed by atoms with Crippen LogP contribution in [0.3, 0.4) is 0 Å². The van der Waals surface area contributed by atoms with Gasteiger partial charge in [0.05, 0.1) is 0 Å². The number of nitrogens with zero attached hydrogens (tertiary/aromatic N) is 1. The van der Waals surface area contributed by atoms with E-state index in [4.69, 9.17) is 16.7 Å². The summed E-state index contributed by atoms with van der Waals surface area (Å²) in [7, 11) is 0. The van der Waals surface area contributed by atoms with Gasteiger partial charge in [0.15, 0.2) is 0 Å². The molecule has 0 saturated heterocycles. The Balaban J connectivity index is 2.17. The van der Waals surface area contributed by atoms with Gasteiger partial charge < -0.3 is 15.3 Å². The van der Waals surface area contributed by atoms with Crippen molar-refractivity contribution in [2.24, 2.45) is 0 Å². The third-order valence-electron chi connectivity index (χ3n) is 4.17. The maximum atomic E-state index is 9.17. The Bertz CT molecular complexity index is 435. The Labute approximate surface area is 133 Å². The lowest BCUT2D eigenvalue weighted by atomic mass is 9.90. The number of rotatable bonds is 9. The summed E-state index contributed by atoms with van der Waals surface area (Å²) in [6.45, 7) is 5.23. The van der Waals surface area contributed by atoms with Crippen molar-refractivity contribution >= 4 is 17.3 Å². The topological polar surface area (TPSA) is 35.5 Å². The molecule has 1 aromatic rings. The Kier molecular flexibility index (Phi) is 6.81. The largest absolute Gasteiger partial charge is 0.396 e. The zero-order valence-corrected chi connectivity index (χ0v) is 13.7. The lowest BCUT2D eigenvalue weighted by molar-refractivity contribution is 0.283. The standard InChI is InChI=1S/C17H27ClN2O/c1-2-9-19-13-14-7-8-15(18)12-17(14)20(10-4-11-21)16-5-3-6-16/h7-8,12,16,19,21H,2-6,9-11,13H2,1H3. The SMILES string of the molecule is CCCNCc1ccc(Cl)cc1N(CCCO)C1CCC1. The van der Waals surface area contributed by atoms with Gasteiger partial charge in [-0.05, 0) is 56.3 Å². The maximum Gasteiger partial charge on any atom is 0.0447 e. The predicted molar refractivity (Wildman–Crippen MR) is 90.1 cm³/mol. The molecule has 0 heterocycles. The highest BCUT2D eigenvalue weighted by Crippen LogP contribution is 2.33. The number of anilines is 1. The van der Waals surface area contributed by atoms with Crippen LogP contribution in [0, 0.1) is 0 Å². The number of benzene rings is 1. The van der Waals surface area contributed by atoms with Gasteiger partial charge in [-0.1, -0.05) is 24.6 Å². The summed E-state index contributed by atoms with van der Waals surface area (Å²) in [5, 5.41) is 13.4. The second kappa shape index (κ2) is 8.62. The van der Waals surface area contributed by atoms with Crippen LogP contribution >= 0.6 is 11.6 Å². The lowest BCUT2D eigenvalue weighted by Crippen LogP contribution is -2.41. The first kappa shape index (κ1) is 16.6. The minimum absolute atomic E-state index is 0.243. The molecule has 0 aliphatic heterocycles. The van der Waals surface area contributed by atoms with Gasteiger partial charge in [0.25, 0.3) is 0 Å². The van der Waals surface area contributed by atoms with Crippen molar-refractivity contribution in [2.45, 2.75) is 51.6 Å². The molecule has 2 N–H and O–H groups in total. The van der Waals surface area contributed by atoms with E-state index in [9.17, 15) is 0 Å². The van der Waals surface area contributed by atoms with Crippen molar-refractivity contribution in [3.8, 4) is 0 Å². The van der Waals surface area contributed by atoms with Gasteiger partial charge in [0.2, 0.25) is 0 Å². The lowest BCUT2D eigenvalue weighted by Gasteiger charge is -2.40. The Morgan fingerprint density at radius 1 is 1.38 bits per heavy atom. The van der Waals surface area contributed by atoms with Gasteiger partial charge in [-0.25, -0.2) is 0 Å². The van der Waals surface area contributed by atoms with E-state index in [0.29, 0.717) is 6.04 Å². The summed E-state index contributed by atoms with van der Waals surface area (Å²) in [5.74, 6) is 0. The van der Waals surface area contributed by atoms with Gasteiger partial charge in [-0.15, -0.1) is 0 Å². The molecule has 0 aromatic heterocycles. The van der Waals surface area contributed by atoms with Crippen LogP contribution in [0.1, 0.15) is 44.6 Å². The summed E-state index contributed by atoms with van der Waals surface area (Å²) < 4.78 is 0. The van der Waals surface area contributed by atoms with E-state index in [-0.39, 0.29) is 6.61 Å². The zero-order chi connectivity index (χ0) is 15.1. The zero-order valence-electron chi connectivity index (χ0n) is 12.9. The summed E-state index contributed by atoms with van der Waals surface area (Å²) in [4.78, 5) is 2.45. The molecule has 0 atom stereocenters. The normalized spacial score (nSPS) is 15.0. The van der Waals surface area contributed by atoms with Gasteiger partial charge >= 0.3 is 0 Å². The monoisotopic (exact) mass is 310 g/mol. The number of halogens is 1. The number of aliphatic hydroxyl groups excluding tert-OH is 1. The fraction of sp³-hybridized carbons (Fsp3) is 0.647. The van der Waals surface area contributed by atoms with Crippen molar-refractivity contribution < 1.29 is 5.11 Å². The second-order valence-corrected chi connectivity index (χ2v) is 6.24. The van der Waals surface area contributed by atoms with Crippen LogP contribution in [-0.4, -0.2) is 30.8 Å². The van der Waals surface area contributed by atoms with Crippen molar-refractivity contribution in [1.82, 2.24) is 5.32 Å². The molecule has 0 bridgehead atoms. The fourth-order valence-electron chi connectivity index (χ4n) is 2.79. The van der Waals surface area contributed by atoms with Crippen molar-refractivity contribution in [2.75, 3.05) is 24.6 Å². The van der Waals surface area contributed by atoms with E-state index in [1.165, 1.54) is 30.5 Å². The number of hydrogen-bond donors (Lipinski definition) is 2. The van der Waals surface area contributed by atoms with Crippen LogP contribution in [-0.2, 0) is 6.54 Å². The van der Waals surface area contributed by atoms with Crippen molar-refractivity contribution in [3.05, 3.63) is 28.8 Å². The van der Waals surface area contributed by atoms with E-state index >= 15 is 0 Å². The minimum Gasteiger partial charge on any atom is -0.396 e. The van der Waals surface area contributed by atoms with Crippen molar-refractivity contribution in [1.29, 1.82) is 0 Å². The molecule has 0 spiro atoms. The quantitative estimate of drug-likeness (QED) is 0.684. The molecule has 1 aliphatic carbocycles. The van der Waals surface area contributed by atoms with E-state index in [2.05, 4.69) is 29.3 Å². The highest BCUT2D eigenvalue weighted by molar-refractivity contribution is 6.30. The molecule has 1 aliphatic rings. The molecule has 4 heteroatoms. The Morgan fingerprint density at radius 2 is 2.19 bits per heavy atom. The molecular weight excluding hydrogens is 284 g/mol. The molecular formula is C17H27ClN2O. The third-order valence-corrected chi connectivity index (χ3v) is 4.41. The van der Waals surface area contributed by atoms with Crippen LogP contribution < -0.4 is 10.2 Å². The van der Waals surface area contributed by atoms with E-state index in [0.717, 1.165) is 37.5 Å². The van der Waals surface area contributed by atoms with E-state index < -0.39 is 0 Å². The molecule has 0 unspecified atom stereocenters. The molecule has 118 valence electrons. The van der Waals surface area contributed by atoms with Crippen molar-refractivity contribution in [3.63, 3.8) is 0 Å². The first-order valence-corrected chi connectivity index (χ1v) is 8.50. The second-order valence-electron chi connectivity index (χ2n) is 5.81. The molecule has 0 radical (unpaired) electrons. The maximum absolute atomic E-state index is 9.17. The number of aliphatic hydroxyl groups is 1. The first-order chi connectivity index (χ1) is 10.3. The molecule has 2 rings (SSSR count). The average Bonchev–Trinajstić information content (AvgIpc) is 2.43. The summed E-state index contributed by atoms with van der Waals surface area (Å²) in [6, 6.07) is 6.80. The fourth-order valence-corrected chi connectivity index (χ4v) is 2.96. The number of hydrogen-bond acceptors (Lipinski definition) is 3. The van der Waals surface area contributed by atoms with Crippen LogP contribution in [0.5, 0.6) is 0 Å². The van der Waals surface area contributed by atoms with Crippen LogP contribution in [0.4, 0.5) is 5.69 Å². The first-order valence-electron chi connectivity index (χ1n) is 8.13. The number of nitrogens with one attached hydrogen (secondary N) is 1. The minimum atomic E-state index is 0.243. The predicted octanol–water partition coefficient (Wildman–Crippen LogP) is 3.58. The third kappa shape index (κ3) is 4.60. The van der Waals surface area contributed by atoms with Crippen LogP contribution in [0.2, 0.25) is 5.02 Å². The molecule has 21 heavy (non-hydrogen) atoms. The van der Waals surface area contributed by atoms with E-state index in [1.54, 1.807) is 0 Å². The van der Waals surface area contributed by atoms with E-state index in [1.807, 2.05) is 6.07 Å². The highest BCUT2D eigenvalue weighted by atomic mass is 35.5. The average molecular weight is 311 g/mol.